The Kier molecular flexibility index (Phi) is 6.59. The smallest absolute Gasteiger partial charge is 0.273 e. The van der Waals surface area contributed by atoms with Crippen LogP contribution in [0.1, 0.15) is 41.6 Å². The largest absolute Gasteiger partial charge is 0.438 e. The first kappa shape index (κ1) is 23.2. The quantitative estimate of drug-likeness (QED) is 0.358. The van der Waals surface area contributed by atoms with Gasteiger partial charge in [-0.25, -0.2) is 9.37 Å². The van der Waals surface area contributed by atoms with Crippen molar-refractivity contribution in [2.45, 2.75) is 45.7 Å². The first-order valence-corrected chi connectivity index (χ1v) is 12.0. The summed E-state index contributed by atoms with van der Waals surface area (Å²) in [6.45, 7) is 5.21. The molecule has 3 aromatic rings. The number of fused-ring (bicyclic) bond motifs is 1. The van der Waals surface area contributed by atoms with Gasteiger partial charge in [0.2, 0.25) is 11.8 Å². The van der Waals surface area contributed by atoms with Crippen LogP contribution in [0.5, 0.6) is 11.6 Å². The number of nitro benzene ring substituents is 1. The molecule has 5 rings (SSSR count). The second-order valence-corrected chi connectivity index (χ2v) is 9.16. The summed E-state index contributed by atoms with van der Waals surface area (Å²) in [6.07, 6.45) is 4.12. The maximum Gasteiger partial charge on any atom is 0.273 e. The normalized spacial score (nSPS) is 16.1. The molecule has 0 unspecified atom stereocenters. The highest BCUT2D eigenvalue weighted by molar-refractivity contribution is 5.45. The van der Waals surface area contributed by atoms with Crippen molar-refractivity contribution in [2.24, 2.45) is 0 Å². The maximum atomic E-state index is 13.8. The van der Waals surface area contributed by atoms with Crippen LogP contribution in [0.2, 0.25) is 0 Å². The van der Waals surface area contributed by atoms with Crippen LogP contribution in [0.3, 0.4) is 0 Å². The lowest BCUT2D eigenvalue weighted by atomic mass is 10.0. The third kappa shape index (κ3) is 5.09. The van der Waals surface area contributed by atoms with E-state index in [9.17, 15) is 14.5 Å². The molecule has 2 aromatic carbocycles. The summed E-state index contributed by atoms with van der Waals surface area (Å²) in [6, 6.07) is 11.5. The third-order valence-corrected chi connectivity index (χ3v) is 6.65. The lowest BCUT2D eigenvalue weighted by molar-refractivity contribution is -0.385. The summed E-state index contributed by atoms with van der Waals surface area (Å²) in [7, 11) is 0. The summed E-state index contributed by atoms with van der Waals surface area (Å²) < 4.78 is 20.0. The number of hydrogen-bond acceptors (Lipinski definition) is 7. The number of nitro groups is 1. The zero-order valence-electron chi connectivity index (χ0n) is 19.7. The van der Waals surface area contributed by atoms with Crippen LogP contribution in [-0.2, 0) is 19.5 Å². The van der Waals surface area contributed by atoms with Crippen molar-refractivity contribution in [2.75, 3.05) is 24.5 Å². The molecule has 1 saturated heterocycles. The third-order valence-electron chi connectivity index (χ3n) is 6.65. The molecule has 0 radical (unpaired) electrons. The Balaban J connectivity index is 1.47. The van der Waals surface area contributed by atoms with Crippen LogP contribution in [0.15, 0.2) is 42.5 Å². The molecule has 1 aromatic heterocycles. The molecule has 0 N–H and O–H groups in total. The minimum Gasteiger partial charge on any atom is -0.438 e. The van der Waals surface area contributed by atoms with E-state index in [-0.39, 0.29) is 16.4 Å². The van der Waals surface area contributed by atoms with E-state index in [1.165, 1.54) is 18.6 Å². The van der Waals surface area contributed by atoms with E-state index in [1.54, 1.807) is 31.2 Å². The van der Waals surface area contributed by atoms with E-state index in [1.807, 2.05) is 6.07 Å². The lowest BCUT2D eigenvalue weighted by Crippen LogP contribution is -2.34. The van der Waals surface area contributed by atoms with E-state index in [0.29, 0.717) is 48.2 Å². The number of halogens is 1. The highest BCUT2D eigenvalue weighted by atomic mass is 19.1. The number of benzene rings is 2. The molecule has 0 spiro atoms. The molecule has 8 nitrogen and oxygen atoms in total. The predicted molar refractivity (Wildman–Crippen MR) is 130 cm³/mol. The van der Waals surface area contributed by atoms with Crippen LogP contribution in [0.25, 0.3) is 0 Å². The number of nitrogens with zero attached hydrogens (tertiary/aromatic N) is 5. The molecule has 2 aliphatic rings. The van der Waals surface area contributed by atoms with Gasteiger partial charge in [-0.05, 0) is 49.9 Å². The molecule has 3 heterocycles. The van der Waals surface area contributed by atoms with Crippen LogP contribution >= 0.6 is 0 Å². The SMILES string of the molecule is Cc1cc(Oc2nc(N3CCCCC3)nc3c2CN(Cc2ccccc2[N+](=O)[O-])CC3)ccc1F. The number of rotatable bonds is 6. The van der Waals surface area contributed by atoms with E-state index in [0.717, 1.165) is 43.7 Å². The molecule has 0 amide bonds. The van der Waals surface area contributed by atoms with Gasteiger partial charge in [-0.15, -0.1) is 0 Å². The van der Waals surface area contributed by atoms with Gasteiger partial charge in [0, 0.05) is 50.8 Å². The second-order valence-electron chi connectivity index (χ2n) is 9.16. The summed E-state index contributed by atoms with van der Waals surface area (Å²) in [5.41, 5.74) is 3.10. The molecule has 1 fully saturated rings. The molecule has 0 atom stereocenters. The van der Waals surface area contributed by atoms with Crippen molar-refractivity contribution in [3.05, 3.63) is 80.8 Å². The van der Waals surface area contributed by atoms with Gasteiger partial charge in [-0.2, -0.15) is 4.98 Å². The fourth-order valence-electron chi connectivity index (χ4n) is 4.74. The van der Waals surface area contributed by atoms with Crippen molar-refractivity contribution < 1.29 is 14.1 Å². The highest BCUT2D eigenvalue weighted by Gasteiger charge is 2.27. The Labute approximate surface area is 203 Å². The maximum absolute atomic E-state index is 13.8. The van der Waals surface area contributed by atoms with Crippen molar-refractivity contribution in [1.29, 1.82) is 0 Å². The van der Waals surface area contributed by atoms with Gasteiger partial charge in [-0.1, -0.05) is 18.2 Å². The molecule has 9 heteroatoms. The minimum absolute atomic E-state index is 0.119. The highest BCUT2D eigenvalue weighted by Crippen LogP contribution is 2.33. The number of piperidine rings is 1. The fourth-order valence-corrected chi connectivity index (χ4v) is 4.74. The average Bonchev–Trinajstić information content (AvgIpc) is 2.87. The number of aromatic nitrogens is 2. The fraction of sp³-hybridized carbons (Fsp3) is 0.385. The number of ether oxygens (including phenoxy) is 1. The first-order valence-electron chi connectivity index (χ1n) is 12.0. The predicted octanol–water partition coefficient (Wildman–Crippen LogP) is 5.17. The Morgan fingerprint density at radius 1 is 1.09 bits per heavy atom. The summed E-state index contributed by atoms with van der Waals surface area (Å²) in [5.74, 6) is 1.37. The molecule has 0 saturated carbocycles. The summed E-state index contributed by atoms with van der Waals surface area (Å²) in [4.78, 5) is 25.2. The average molecular weight is 478 g/mol. The Morgan fingerprint density at radius 2 is 1.89 bits per heavy atom. The van der Waals surface area contributed by atoms with Gasteiger partial charge in [-0.3, -0.25) is 15.0 Å². The Morgan fingerprint density at radius 3 is 2.66 bits per heavy atom. The van der Waals surface area contributed by atoms with Gasteiger partial charge >= 0.3 is 0 Å². The molecular formula is C26H28FN5O3. The van der Waals surface area contributed by atoms with Crippen molar-refractivity contribution in [3.8, 4) is 11.6 Å². The zero-order chi connectivity index (χ0) is 24.4. The standard InChI is InChI=1S/C26H28FN5O3/c1-18-15-20(9-10-22(18)27)35-25-21-17-30(16-19-7-3-4-8-24(19)32(33)34)14-11-23(21)28-26(29-25)31-12-5-2-6-13-31/h3-4,7-10,15H,2,5-6,11-14,16-17H2,1H3. The Hall–Kier alpha value is -3.59. The number of aryl methyl sites for hydroxylation is 1. The second kappa shape index (κ2) is 9.95. The van der Waals surface area contributed by atoms with Gasteiger partial charge in [0.15, 0.2) is 0 Å². The molecule has 0 aliphatic carbocycles. The van der Waals surface area contributed by atoms with E-state index >= 15 is 0 Å². The lowest BCUT2D eigenvalue weighted by Gasteiger charge is -2.31. The number of hydrogen-bond donors (Lipinski definition) is 0. The molecular weight excluding hydrogens is 449 g/mol. The number of para-hydroxylation sites is 1. The van der Waals surface area contributed by atoms with Crippen LogP contribution < -0.4 is 9.64 Å². The summed E-state index contributed by atoms with van der Waals surface area (Å²) in [5, 5.41) is 11.5. The minimum atomic E-state index is -0.341. The van der Waals surface area contributed by atoms with Crippen LogP contribution in [-0.4, -0.2) is 39.4 Å². The monoisotopic (exact) mass is 477 g/mol. The topological polar surface area (TPSA) is 84.6 Å². The van der Waals surface area contributed by atoms with Crippen LogP contribution in [0.4, 0.5) is 16.0 Å². The van der Waals surface area contributed by atoms with E-state index < -0.39 is 0 Å². The summed E-state index contributed by atoms with van der Waals surface area (Å²) >= 11 is 0. The van der Waals surface area contributed by atoms with E-state index in [4.69, 9.17) is 14.7 Å². The van der Waals surface area contributed by atoms with Gasteiger partial charge in [0.25, 0.3) is 5.69 Å². The van der Waals surface area contributed by atoms with E-state index in [2.05, 4.69) is 9.80 Å². The zero-order valence-corrected chi connectivity index (χ0v) is 19.7. The molecule has 0 bridgehead atoms. The molecule has 182 valence electrons. The number of anilines is 1. The van der Waals surface area contributed by atoms with Gasteiger partial charge in [0.1, 0.15) is 11.6 Å². The first-order chi connectivity index (χ1) is 17.0. The molecule has 35 heavy (non-hydrogen) atoms. The Bertz CT molecular complexity index is 1250. The van der Waals surface area contributed by atoms with Crippen LogP contribution in [0, 0.1) is 22.9 Å². The van der Waals surface area contributed by atoms with Crippen molar-refractivity contribution in [3.63, 3.8) is 0 Å². The van der Waals surface area contributed by atoms with Crippen molar-refractivity contribution >= 4 is 11.6 Å². The molecule has 2 aliphatic heterocycles. The van der Waals surface area contributed by atoms with Crippen molar-refractivity contribution in [1.82, 2.24) is 14.9 Å². The van der Waals surface area contributed by atoms with Gasteiger partial charge < -0.3 is 9.64 Å². The van der Waals surface area contributed by atoms with Gasteiger partial charge in [0.05, 0.1) is 16.2 Å².